The highest BCUT2D eigenvalue weighted by atomic mass is 16.3. The van der Waals surface area contributed by atoms with Gasteiger partial charge in [-0.15, -0.1) is 0 Å². The van der Waals surface area contributed by atoms with E-state index in [9.17, 15) is 0 Å². The fourth-order valence-corrected chi connectivity index (χ4v) is 1.79. The standard InChI is InChI=1S/C13H22O/c1-4-6-7-8-9-12-10-11(3)13(5-2)14-12/h10H,4-9H2,1-3H3. The minimum absolute atomic E-state index is 1.01. The quantitative estimate of drug-likeness (QED) is 0.616. The molecule has 0 N–H and O–H groups in total. The second kappa shape index (κ2) is 5.90. The lowest BCUT2D eigenvalue weighted by Gasteiger charge is -1.96. The molecular weight excluding hydrogens is 172 g/mol. The molecule has 1 aromatic rings. The Kier molecular flexibility index (Phi) is 4.78. The van der Waals surface area contributed by atoms with Crippen molar-refractivity contribution in [3.63, 3.8) is 0 Å². The van der Waals surface area contributed by atoms with Crippen LogP contribution in [0, 0.1) is 6.92 Å². The Morgan fingerprint density at radius 2 is 1.93 bits per heavy atom. The Morgan fingerprint density at radius 3 is 2.50 bits per heavy atom. The topological polar surface area (TPSA) is 13.1 Å². The lowest BCUT2D eigenvalue weighted by Crippen LogP contribution is -1.82. The van der Waals surface area contributed by atoms with Gasteiger partial charge in [0.05, 0.1) is 0 Å². The Labute approximate surface area is 87.5 Å². The second-order valence-electron chi connectivity index (χ2n) is 3.98. The van der Waals surface area contributed by atoms with Crippen molar-refractivity contribution in [1.82, 2.24) is 0 Å². The summed E-state index contributed by atoms with van der Waals surface area (Å²) in [6, 6.07) is 2.20. The van der Waals surface area contributed by atoms with Gasteiger partial charge in [0.15, 0.2) is 0 Å². The summed E-state index contributed by atoms with van der Waals surface area (Å²) in [5.74, 6) is 2.34. The molecule has 1 rings (SSSR count). The van der Waals surface area contributed by atoms with Crippen molar-refractivity contribution in [2.24, 2.45) is 0 Å². The summed E-state index contributed by atoms with van der Waals surface area (Å²) < 4.78 is 5.74. The van der Waals surface area contributed by atoms with Gasteiger partial charge in [0.1, 0.15) is 11.5 Å². The summed E-state index contributed by atoms with van der Waals surface area (Å²) in [5, 5.41) is 0. The molecule has 1 nitrogen and oxygen atoms in total. The summed E-state index contributed by atoms with van der Waals surface area (Å²) in [5.41, 5.74) is 1.32. The molecule has 80 valence electrons. The van der Waals surface area contributed by atoms with E-state index in [4.69, 9.17) is 4.42 Å². The van der Waals surface area contributed by atoms with Crippen molar-refractivity contribution in [2.45, 2.75) is 59.3 Å². The predicted molar refractivity (Wildman–Crippen MR) is 60.7 cm³/mol. The van der Waals surface area contributed by atoms with E-state index >= 15 is 0 Å². The molecular formula is C13H22O. The molecule has 0 aliphatic rings. The van der Waals surface area contributed by atoms with E-state index in [1.54, 1.807) is 0 Å². The van der Waals surface area contributed by atoms with E-state index in [1.165, 1.54) is 37.0 Å². The maximum absolute atomic E-state index is 5.74. The van der Waals surface area contributed by atoms with E-state index in [0.29, 0.717) is 0 Å². The van der Waals surface area contributed by atoms with Crippen molar-refractivity contribution in [1.29, 1.82) is 0 Å². The van der Waals surface area contributed by atoms with E-state index in [0.717, 1.165) is 18.6 Å². The largest absolute Gasteiger partial charge is 0.466 e. The van der Waals surface area contributed by atoms with Crippen molar-refractivity contribution < 1.29 is 4.42 Å². The smallest absolute Gasteiger partial charge is 0.106 e. The summed E-state index contributed by atoms with van der Waals surface area (Å²) in [7, 11) is 0. The molecule has 0 saturated carbocycles. The van der Waals surface area contributed by atoms with Gasteiger partial charge in [-0.25, -0.2) is 0 Å². The first-order valence-corrected chi connectivity index (χ1v) is 5.86. The monoisotopic (exact) mass is 194 g/mol. The minimum atomic E-state index is 1.01. The molecule has 0 spiro atoms. The molecule has 14 heavy (non-hydrogen) atoms. The molecule has 0 bridgehead atoms. The van der Waals surface area contributed by atoms with Crippen LogP contribution >= 0.6 is 0 Å². The maximum atomic E-state index is 5.74. The van der Waals surface area contributed by atoms with Gasteiger partial charge in [-0.05, 0) is 25.0 Å². The number of rotatable bonds is 6. The van der Waals surface area contributed by atoms with Crippen LogP contribution in [0.4, 0.5) is 0 Å². The van der Waals surface area contributed by atoms with E-state index in [-0.39, 0.29) is 0 Å². The molecule has 0 saturated heterocycles. The molecule has 0 atom stereocenters. The molecule has 0 unspecified atom stereocenters. The van der Waals surface area contributed by atoms with E-state index < -0.39 is 0 Å². The Morgan fingerprint density at radius 1 is 1.14 bits per heavy atom. The molecule has 0 aliphatic carbocycles. The number of unbranched alkanes of at least 4 members (excludes halogenated alkanes) is 3. The molecule has 1 heterocycles. The van der Waals surface area contributed by atoms with Gasteiger partial charge in [-0.1, -0.05) is 33.1 Å². The lowest BCUT2D eigenvalue weighted by atomic mass is 10.1. The van der Waals surface area contributed by atoms with Crippen molar-refractivity contribution in [2.75, 3.05) is 0 Å². The van der Waals surface area contributed by atoms with Gasteiger partial charge in [0, 0.05) is 12.8 Å². The summed E-state index contributed by atoms with van der Waals surface area (Å²) in [6.07, 6.45) is 7.38. The average Bonchev–Trinajstić information content (AvgIpc) is 2.54. The van der Waals surface area contributed by atoms with Gasteiger partial charge in [0.25, 0.3) is 0 Å². The molecule has 1 aromatic heterocycles. The summed E-state index contributed by atoms with van der Waals surface area (Å²) in [4.78, 5) is 0. The van der Waals surface area contributed by atoms with Crippen LogP contribution in [0.2, 0.25) is 0 Å². The summed E-state index contributed by atoms with van der Waals surface area (Å²) in [6.45, 7) is 6.52. The number of hydrogen-bond donors (Lipinski definition) is 0. The van der Waals surface area contributed by atoms with Crippen LogP contribution in [0.25, 0.3) is 0 Å². The Hall–Kier alpha value is -0.720. The minimum Gasteiger partial charge on any atom is -0.466 e. The van der Waals surface area contributed by atoms with Crippen molar-refractivity contribution in [3.05, 3.63) is 23.2 Å². The third-order valence-corrected chi connectivity index (χ3v) is 2.67. The molecule has 0 aromatic carbocycles. The van der Waals surface area contributed by atoms with Crippen LogP contribution in [-0.4, -0.2) is 0 Å². The van der Waals surface area contributed by atoms with Crippen LogP contribution in [0.3, 0.4) is 0 Å². The van der Waals surface area contributed by atoms with Crippen LogP contribution in [0.15, 0.2) is 10.5 Å². The zero-order valence-electron chi connectivity index (χ0n) is 9.73. The van der Waals surface area contributed by atoms with Crippen molar-refractivity contribution >= 4 is 0 Å². The first kappa shape index (κ1) is 11.4. The highest BCUT2D eigenvalue weighted by molar-refractivity contribution is 5.19. The van der Waals surface area contributed by atoms with E-state index in [2.05, 4.69) is 26.8 Å². The lowest BCUT2D eigenvalue weighted by molar-refractivity contribution is 0.458. The van der Waals surface area contributed by atoms with Crippen molar-refractivity contribution in [3.8, 4) is 0 Å². The molecule has 0 radical (unpaired) electrons. The molecule has 0 amide bonds. The van der Waals surface area contributed by atoms with Gasteiger partial charge >= 0.3 is 0 Å². The third kappa shape index (κ3) is 3.21. The van der Waals surface area contributed by atoms with E-state index in [1.807, 2.05) is 0 Å². The zero-order chi connectivity index (χ0) is 10.4. The second-order valence-corrected chi connectivity index (χ2v) is 3.98. The van der Waals surface area contributed by atoms with Crippen LogP contribution in [-0.2, 0) is 12.8 Å². The number of furan rings is 1. The first-order valence-electron chi connectivity index (χ1n) is 5.86. The first-order chi connectivity index (χ1) is 6.77. The van der Waals surface area contributed by atoms with Gasteiger partial charge in [0.2, 0.25) is 0 Å². The molecule has 1 heteroatoms. The maximum Gasteiger partial charge on any atom is 0.106 e. The average molecular weight is 194 g/mol. The SMILES string of the molecule is CCCCCCc1cc(C)c(CC)o1. The Balaban J connectivity index is 2.35. The fraction of sp³-hybridized carbons (Fsp3) is 0.692. The predicted octanol–water partition coefficient (Wildman–Crippen LogP) is 4.27. The fourth-order valence-electron chi connectivity index (χ4n) is 1.79. The highest BCUT2D eigenvalue weighted by Gasteiger charge is 2.04. The number of aryl methyl sites for hydroxylation is 3. The normalized spacial score (nSPS) is 10.8. The van der Waals surface area contributed by atoms with Crippen LogP contribution in [0.5, 0.6) is 0 Å². The van der Waals surface area contributed by atoms with Gasteiger partial charge in [-0.3, -0.25) is 0 Å². The van der Waals surface area contributed by atoms with Crippen LogP contribution in [0.1, 0.15) is 56.6 Å². The zero-order valence-corrected chi connectivity index (χ0v) is 9.73. The number of hydrogen-bond acceptors (Lipinski definition) is 1. The highest BCUT2D eigenvalue weighted by Crippen LogP contribution is 2.17. The van der Waals surface area contributed by atoms with Gasteiger partial charge < -0.3 is 4.42 Å². The van der Waals surface area contributed by atoms with Crippen LogP contribution < -0.4 is 0 Å². The summed E-state index contributed by atoms with van der Waals surface area (Å²) >= 11 is 0. The molecule has 0 fully saturated rings. The Bertz CT molecular complexity index is 260. The third-order valence-electron chi connectivity index (χ3n) is 2.67. The van der Waals surface area contributed by atoms with Gasteiger partial charge in [-0.2, -0.15) is 0 Å². The molecule has 0 aliphatic heterocycles.